The standard InChI is InChI=1S/C13H26N2OS/c1-4-8-14-12-6-5-9-15(13(12)16)11(2)7-10-17-3/h11-12,14H,4-10H2,1-3H3. The predicted octanol–water partition coefficient (Wildman–Crippen LogP) is 2.12. The summed E-state index contributed by atoms with van der Waals surface area (Å²) in [5.41, 5.74) is 0. The van der Waals surface area contributed by atoms with Gasteiger partial charge in [0.25, 0.3) is 0 Å². The lowest BCUT2D eigenvalue weighted by atomic mass is 10.0. The molecule has 1 fully saturated rings. The van der Waals surface area contributed by atoms with Gasteiger partial charge in [0.15, 0.2) is 0 Å². The fourth-order valence-electron chi connectivity index (χ4n) is 2.29. The van der Waals surface area contributed by atoms with Gasteiger partial charge < -0.3 is 10.2 Å². The summed E-state index contributed by atoms with van der Waals surface area (Å²) in [4.78, 5) is 14.4. The molecule has 0 aromatic carbocycles. The molecular weight excluding hydrogens is 232 g/mol. The van der Waals surface area contributed by atoms with Gasteiger partial charge in [-0.2, -0.15) is 11.8 Å². The van der Waals surface area contributed by atoms with Crippen molar-refractivity contribution in [3.63, 3.8) is 0 Å². The molecule has 0 aromatic rings. The van der Waals surface area contributed by atoms with E-state index in [2.05, 4.69) is 30.3 Å². The molecule has 0 radical (unpaired) electrons. The molecular formula is C13H26N2OS. The highest BCUT2D eigenvalue weighted by Crippen LogP contribution is 2.17. The average molecular weight is 258 g/mol. The molecule has 1 aliphatic rings. The number of piperidine rings is 1. The fourth-order valence-corrected chi connectivity index (χ4v) is 2.87. The number of amides is 1. The third-order valence-corrected chi connectivity index (χ3v) is 4.03. The number of hydrogen-bond donors (Lipinski definition) is 1. The van der Waals surface area contributed by atoms with Gasteiger partial charge in [0.2, 0.25) is 5.91 Å². The van der Waals surface area contributed by atoms with E-state index in [1.807, 2.05) is 11.8 Å². The van der Waals surface area contributed by atoms with Gasteiger partial charge >= 0.3 is 0 Å². The van der Waals surface area contributed by atoms with Gasteiger partial charge in [-0.05, 0) is 51.2 Å². The van der Waals surface area contributed by atoms with E-state index in [9.17, 15) is 4.79 Å². The minimum atomic E-state index is 0.0698. The second-order valence-corrected chi connectivity index (χ2v) is 5.80. The number of nitrogens with zero attached hydrogens (tertiary/aromatic N) is 1. The molecule has 0 aromatic heterocycles. The van der Waals surface area contributed by atoms with Gasteiger partial charge in [0.05, 0.1) is 6.04 Å². The monoisotopic (exact) mass is 258 g/mol. The summed E-state index contributed by atoms with van der Waals surface area (Å²) < 4.78 is 0. The highest BCUT2D eigenvalue weighted by molar-refractivity contribution is 7.98. The Morgan fingerprint density at radius 1 is 1.59 bits per heavy atom. The van der Waals surface area contributed by atoms with Crippen molar-refractivity contribution in [2.75, 3.05) is 25.1 Å². The summed E-state index contributed by atoms with van der Waals surface area (Å²) in [5, 5.41) is 3.37. The predicted molar refractivity (Wildman–Crippen MR) is 75.5 cm³/mol. The van der Waals surface area contributed by atoms with E-state index < -0.39 is 0 Å². The van der Waals surface area contributed by atoms with E-state index in [0.29, 0.717) is 11.9 Å². The quantitative estimate of drug-likeness (QED) is 0.759. The van der Waals surface area contributed by atoms with Crippen LogP contribution in [0.25, 0.3) is 0 Å². The summed E-state index contributed by atoms with van der Waals surface area (Å²) in [7, 11) is 0. The van der Waals surface area contributed by atoms with Gasteiger partial charge in [-0.15, -0.1) is 0 Å². The number of likely N-dealkylation sites (tertiary alicyclic amines) is 1. The van der Waals surface area contributed by atoms with Crippen molar-refractivity contribution in [3.05, 3.63) is 0 Å². The smallest absolute Gasteiger partial charge is 0.239 e. The van der Waals surface area contributed by atoms with Gasteiger partial charge in [0.1, 0.15) is 0 Å². The average Bonchev–Trinajstić information content (AvgIpc) is 2.34. The molecule has 0 saturated carbocycles. The Bertz CT molecular complexity index is 235. The molecule has 1 rings (SSSR count). The van der Waals surface area contributed by atoms with Crippen LogP contribution in [0.15, 0.2) is 0 Å². The zero-order valence-corrected chi connectivity index (χ0v) is 12.2. The molecule has 0 spiro atoms. The highest BCUT2D eigenvalue weighted by Gasteiger charge is 2.30. The van der Waals surface area contributed by atoms with E-state index in [1.54, 1.807) is 0 Å². The number of nitrogens with one attached hydrogen (secondary N) is 1. The molecule has 17 heavy (non-hydrogen) atoms. The van der Waals surface area contributed by atoms with E-state index in [0.717, 1.165) is 44.5 Å². The van der Waals surface area contributed by atoms with Gasteiger partial charge in [-0.3, -0.25) is 4.79 Å². The molecule has 1 N–H and O–H groups in total. The summed E-state index contributed by atoms with van der Waals surface area (Å²) in [6.45, 7) is 6.21. The lowest BCUT2D eigenvalue weighted by molar-refractivity contribution is -0.138. The Balaban J connectivity index is 2.46. The maximum Gasteiger partial charge on any atom is 0.239 e. The first-order valence-electron chi connectivity index (χ1n) is 6.73. The van der Waals surface area contributed by atoms with Crippen molar-refractivity contribution in [2.24, 2.45) is 0 Å². The fraction of sp³-hybridized carbons (Fsp3) is 0.923. The van der Waals surface area contributed by atoms with Gasteiger partial charge in [0, 0.05) is 12.6 Å². The number of carbonyl (C=O) groups excluding carboxylic acids is 1. The minimum Gasteiger partial charge on any atom is -0.339 e. The topological polar surface area (TPSA) is 32.3 Å². The second-order valence-electron chi connectivity index (χ2n) is 4.81. The number of hydrogen-bond acceptors (Lipinski definition) is 3. The Labute approximate surface area is 110 Å². The molecule has 1 saturated heterocycles. The van der Waals surface area contributed by atoms with Crippen LogP contribution in [0.1, 0.15) is 39.5 Å². The number of carbonyl (C=O) groups is 1. The molecule has 2 atom stereocenters. The first-order valence-corrected chi connectivity index (χ1v) is 8.12. The molecule has 3 nitrogen and oxygen atoms in total. The minimum absolute atomic E-state index is 0.0698. The largest absolute Gasteiger partial charge is 0.339 e. The van der Waals surface area contributed by atoms with Gasteiger partial charge in [-0.1, -0.05) is 6.92 Å². The lowest BCUT2D eigenvalue weighted by Crippen LogP contribution is -2.53. The molecule has 1 aliphatic heterocycles. The van der Waals surface area contributed by atoms with Crippen molar-refractivity contribution in [2.45, 2.75) is 51.6 Å². The van der Waals surface area contributed by atoms with E-state index >= 15 is 0 Å². The zero-order valence-electron chi connectivity index (χ0n) is 11.4. The summed E-state index contributed by atoms with van der Waals surface area (Å²) in [6, 6.07) is 0.460. The molecule has 1 heterocycles. The third-order valence-electron chi connectivity index (χ3n) is 3.39. The first-order chi connectivity index (χ1) is 8.20. The van der Waals surface area contributed by atoms with Crippen LogP contribution in [0, 0.1) is 0 Å². The third kappa shape index (κ3) is 4.51. The van der Waals surface area contributed by atoms with Crippen LogP contribution in [0.4, 0.5) is 0 Å². The Kier molecular flexibility index (Phi) is 6.97. The van der Waals surface area contributed by atoms with Crippen LogP contribution in [0.3, 0.4) is 0 Å². The Hall–Kier alpha value is -0.220. The molecule has 2 unspecified atom stereocenters. The summed E-state index contributed by atoms with van der Waals surface area (Å²) >= 11 is 1.86. The molecule has 0 bridgehead atoms. The number of thioether (sulfide) groups is 1. The molecule has 4 heteroatoms. The maximum absolute atomic E-state index is 12.3. The van der Waals surface area contributed by atoms with E-state index in [4.69, 9.17) is 0 Å². The normalized spacial score (nSPS) is 22.9. The summed E-state index contributed by atoms with van der Waals surface area (Å²) in [6.07, 6.45) is 6.46. The lowest BCUT2D eigenvalue weighted by Gasteiger charge is -2.37. The van der Waals surface area contributed by atoms with Crippen LogP contribution in [-0.4, -0.2) is 48.0 Å². The van der Waals surface area contributed by atoms with Crippen LogP contribution in [-0.2, 0) is 4.79 Å². The first kappa shape index (κ1) is 14.8. The molecule has 100 valence electrons. The maximum atomic E-state index is 12.3. The highest BCUT2D eigenvalue weighted by atomic mass is 32.2. The van der Waals surface area contributed by atoms with Crippen molar-refractivity contribution in [1.29, 1.82) is 0 Å². The van der Waals surface area contributed by atoms with Crippen LogP contribution in [0.2, 0.25) is 0 Å². The van der Waals surface area contributed by atoms with Crippen LogP contribution < -0.4 is 5.32 Å². The zero-order chi connectivity index (χ0) is 12.7. The number of rotatable bonds is 7. The molecule has 1 amide bonds. The van der Waals surface area contributed by atoms with Crippen molar-refractivity contribution >= 4 is 17.7 Å². The second kappa shape index (κ2) is 7.98. The van der Waals surface area contributed by atoms with Gasteiger partial charge in [-0.25, -0.2) is 0 Å². The Morgan fingerprint density at radius 3 is 3.00 bits per heavy atom. The van der Waals surface area contributed by atoms with Crippen LogP contribution >= 0.6 is 11.8 Å². The van der Waals surface area contributed by atoms with Crippen LogP contribution in [0.5, 0.6) is 0 Å². The Morgan fingerprint density at radius 2 is 2.35 bits per heavy atom. The molecule has 0 aliphatic carbocycles. The van der Waals surface area contributed by atoms with Crippen molar-refractivity contribution < 1.29 is 4.79 Å². The van der Waals surface area contributed by atoms with E-state index in [-0.39, 0.29) is 6.04 Å². The SMILES string of the molecule is CCCNC1CCCN(C(C)CCSC)C1=O. The van der Waals surface area contributed by atoms with Crippen molar-refractivity contribution in [3.8, 4) is 0 Å². The van der Waals surface area contributed by atoms with E-state index in [1.165, 1.54) is 0 Å². The van der Waals surface area contributed by atoms with Crippen molar-refractivity contribution in [1.82, 2.24) is 10.2 Å². The summed E-state index contributed by atoms with van der Waals surface area (Å²) in [5.74, 6) is 1.45.